The maximum absolute atomic E-state index is 8.43. The van der Waals surface area contributed by atoms with Crippen LogP contribution in [0.2, 0.25) is 0 Å². The van der Waals surface area contributed by atoms with E-state index < -0.39 is 0 Å². The first-order chi connectivity index (χ1) is 6.77. The third kappa shape index (κ3) is 3.04. The van der Waals surface area contributed by atoms with Crippen molar-refractivity contribution >= 4 is 15.9 Å². The van der Waals surface area contributed by atoms with Crippen molar-refractivity contribution in [2.75, 3.05) is 7.11 Å². The molecule has 0 saturated carbocycles. The molecule has 3 heteroatoms. The van der Waals surface area contributed by atoms with Crippen molar-refractivity contribution in [3.05, 3.63) is 28.2 Å². The molecule has 0 N–H and O–H groups in total. The number of nitrogens with zero attached hydrogens (tertiary/aromatic N) is 1. The molecule has 14 heavy (non-hydrogen) atoms. The lowest BCUT2D eigenvalue weighted by molar-refractivity contribution is 0.409. The Balaban J connectivity index is 2.73. The molecule has 1 rings (SSSR count). The summed E-state index contributed by atoms with van der Waals surface area (Å²) in [7, 11) is 1.66. The zero-order valence-electron chi connectivity index (χ0n) is 8.09. The van der Waals surface area contributed by atoms with Crippen LogP contribution < -0.4 is 4.74 Å². The number of hydrogen-bond donors (Lipinski definition) is 0. The largest absolute Gasteiger partial charge is 0.496 e. The molecule has 0 aliphatic heterocycles. The van der Waals surface area contributed by atoms with Gasteiger partial charge in [-0.2, -0.15) is 5.26 Å². The van der Waals surface area contributed by atoms with E-state index in [1.54, 1.807) is 7.11 Å². The quantitative estimate of drug-likeness (QED) is 0.772. The summed E-state index contributed by atoms with van der Waals surface area (Å²) in [6.07, 6.45) is 2.36. The van der Waals surface area contributed by atoms with Gasteiger partial charge < -0.3 is 4.74 Å². The van der Waals surface area contributed by atoms with Gasteiger partial charge in [0.2, 0.25) is 0 Å². The van der Waals surface area contributed by atoms with Gasteiger partial charge in [-0.15, -0.1) is 0 Å². The average Bonchev–Trinajstić information content (AvgIpc) is 2.19. The summed E-state index contributed by atoms with van der Waals surface area (Å²) in [5.41, 5.74) is 1.15. The molecule has 74 valence electrons. The number of unbranched alkanes of at least 4 members (excludes halogenated alkanes) is 1. The van der Waals surface area contributed by atoms with Crippen LogP contribution in [0.1, 0.15) is 18.4 Å². The van der Waals surface area contributed by atoms with Crippen molar-refractivity contribution < 1.29 is 4.74 Å². The number of nitriles is 1. The van der Waals surface area contributed by atoms with Crippen LogP contribution in [0, 0.1) is 11.3 Å². The van der Waals surface area contributed by atoms with Gasteiger partial charge in [-0.1, -0.05) is 15.9 Å². The lowest BCUT2D eigenvalue weighted by Gasteiger charge is -2.07. The maximum Gasteiger partial charge on any atom is 0.122 e. The second-order valence-electron chi connectivity index (χ2n) is 2.97. The van der Waals surface area contributed by atoms with Crippen LogP contribution in [0.15, 0.2) is 22.7 Å². The summed E-state index contributed by atoms with van der Waals surface area (Å²) >= 11 is 3.41. The van der Waals surface area contributed by atoms with E-state index in [0.29, 0.717) is 6.42 Å². The third-order valence-corrected chi connectivity index (χ3v) is 2.47. The van der Waals surface area contributed by atoms with Crippen LogP contribution in [-0.4, -0.2) is 7.11 Å². The highest BCUT2D eigenvalue weighted by atomic mass is 79.9. The summed E-state index contributed by atoms with van der Waals surface area (Å²) in [4.78, 5) is 0. The lowest BCUT2D eigenvalue weighted by atomic mass is 10.1. The predicted octanol–water partition coefficient (Wildman–Crippen LogP) is 3.30. The Morgan fingerprint density at radius 2 is 2.29 bits per heavy atom. The molecule has 0 unspecified atom stereocenters. The molecule has 0 heterocycles. The molecule has 0 amide bonds. The highest BCUT2D eigenvalue weighted by Gasteiger charge is 2.02. The number of methoxy groups -OCH3 is 1. The van der Waals surface area contributed by atoms with Crippen molar-refractivity contribution in [2.45, 2.75) is 19.3 Å². The van der Waals surface area contributed by atoms with Crippen LogP contribution in [0.3, 0.4) is 0 Å². The highest BCUT2D eigenvalue weighted by Crippen LogP contribution is 2.24. The Morgan fingerprint density at radius 3 is 2.93 bits per heavy atom. The number of hydrogen-bond acceptors (Lipinski definition) is 2. The van der Waals surface area contributed by atoms with Crippen molar-refractivity contribution in [1.82, 2.24) is 0 Å². The first-order valence-corrected chi connectivity index (χ1v) is 5.26. The van der Waals surface area contributed by atoms with Gasteiger partial charge in [0.05, 0.1) is 13.2 Å². The van der Waals surface area contributed by atoms with E-state index >= 15 is 0 Å². The molecular weight excluding hydrogens is 242 g/mol. The maximum atomic E-state index is 8.43. The number of rotatable bonds is 4. The molecular formula is C11H12BrNO. The van der Waals surface area contributed by atoms with E-state index in [1.165, 1.54) is 0 Å². The molecule has 0 aliphatic carbocycles. The summed E-state index contributed by atoms with van der Waals surface area (Å²) in [6, 6.07) is 8.06. The molecule has 1 aromatic rings. The molecule has 1 aromatic carbocycles. The minimum absolute atomic E-state index is 0.593. The first kappa shape index (κ1) is 11.1. The van der Waals surface area contributed by atoms with Gasteiger partial charge >= 0.3 is 0 Å². The molecule has 0 atom stereocenters. The minimum Gasteiger partial charge on any atom is -0.496 e. The van der Waals surface area contributed by atoms with E-state index in [1.807, 2.05) is 18.2 Å². The Bertz CT molecular complexity index is 344. The fourth-order valence-corrected chi connectivity index (χ4v) is 1.71. The number of aryl methyl sites for hydroxylation is 1. The second-order valence-corrected chi connectivity index (χ2v) is 3.88. The molecule has 0 saturated heterocycles. The summed E-state index contributed by atoms with van der Waals surface area (Å²) < 4.78 is 6.27. The lowest BCUT2D eigenvalue weighted by Crippen LogP contribution is -1.92. The van der Waals surface area contributed by atoms with Gasteiger partial charge in [0.25, 0.3) is 0 Å². The molecule has 0 spiro atoms. The van der Waals surface area contributed by atoms with E-state index in [0.717, 1.165) is 28.6 Å². The fraction of sp³-hybridized carbons (Fsp3) is 0.364. The topological polar surface area (TPSA) is 33.0 Å². The van der Waals surface area contributed by atoms with Crippen molar-refractivity contribution in [1.29, 1.82) is 5.26 Å². The minimum atomic E-state index is 0.593. The van der Waals surface area contributed by atoms with Gasteiger partial charge in [0.15, 0.2) is 0 Å². The van der Waals surface area contributed by atoms with Gasteiger partial charge in [-0.25, -0.2) is 0 Å². The summed E-state index contributed by atoms with van der Waals surface area (Å²) in [5.74, 6) is 0.895. The number of halogens is 1. The normalized spacial score (nSPS) is 9.50. The molecule has 2 nitrogen and oxygen atoms in total. The van der Waals surface area contributed by atoms with E-state index in [-0.39, 0.29) is 0 Å². The number of benzene rings is 1. The SMILES string of the molecule is COc1ccc(Br)cc1CCCC#N. The highest BCUT2D eigenvalue weighted by molar-refractivity contribution is 9.10. The van der Waals surface area contributed by atoms with Crippen LogP contribution in [-0.2, 0) is 6.42 Å². The zero-order valence-corrected chi connectivity index (χ0v) is 9.67. The average molecular weight is 254 g/mol. The molecule has 0 fully saturated rings. The summed E-state index contributed by atoms with van der Waals surface area (Å²) in [5, 5.41) is 8.43. The van der Waals surface area contributed by atoms with E-state index in [4.69, 9.17) is 10.00 Å². The Kier molecular flexibility index (Phi) is 4.48. The van der Waals surface area contributed by atoms with Gasteiger partial charge in [-0.05, 0) is 36.6 Å². The van der Waals surface area contributed by atoms with Crippen LogP contribution in [0.5, 0.6) is 5.75 Å². The zero-order chi connectivity index (χ0) is 10.4. The smallest absolute Gasteiger partial charge is 0.122 e. The van der Waals surface area contributed by atoms with Crippen molar-refractivity contribution in [2.24, 2.45) is 0 Å². The van der Waals surface area contributed by atoms with Crippen molar-refractivity contribution in [3.8, 4) is 11.8 Å². The van der Waals surface area contributed by atoms with Gasteiger partial charge in [0, 0.05) is 10.9 Å². The van der Waals surface area contributed by atoms with Crippen molar-refractivity contribution in [3.63, 3.8) is 0 Å². The van der Waals surface area contributed by atoms with E-state index in [9.17, 15) is 0 Å². The van der Waals surface area contributed by atoms with E-state index in [2.05, 4.69) is 22.0 Å². The Hall–Kier alpha value is -1.01. The molecule has 0 aliphatic rings. The standard InChI is InChI=1S/C11H12BrNO/c1-14-11-6-5-10(12)8-9(11)4-2-3-7-13/h5-6,8H,2-4H2,1H3. The van der Waals surface area contributed by atoms with Crippen LogP contribution in [0.4, 0.5) is 0 Å². The van der Waals surface area contributed by atoms with Gasteiger partial charge in [0.1, 0.15) is 5.75 Å². The first-order valence-electron chi connectivity index (χ1n) is 4.47. The molecule has 0 radical (unpaired) electrons. The Labute approximate surface area is 92.6 Å². The molecule has 0 aromatic heterocycles. The van der Waals surface area contributed by atoms with Crippen LogP contribution >= 0.6 is 15.9 Å². The number of ether oxygens (including phenoxy) is 1. The second kappa shape index (κ2) is 5.66. The summed E-state index contributed by atoms with van der Waals surface area (Å²) in [6.45, 7) is 0. The molecule has 0 bridgehead atoms. The third-order valence-electron chi connectivity index (χ3n) is 1.98. The predicted molar refractivity (Wildman–Crippen MR) is 59.2 cm³/mol. The fourth-order valence-electron chi connectivity index (χ4n) is 1.30. The van der Waals surface area contributed by atoms with Gasteiger partial charge in [-0.3, -0.25) is 0 Å². The van der Waals surface area contributed by atoms with Crippen LogP contribution in [0.25, 0.3) is 0 Å². The monoisotopic (exact) mass is 253 g/mol. The Morgan fingerprint density at radius 1 is 1.50 bits per heavy atom.